The molecule has 1 fully saturated rings. The molecule has 1 aliphatic rings. The standard InChI is InChI=1S/C8H15NO6S2/c1-16(12,13)6-17(14,15)9-5-3-2-4-7(9)8(10)11/h7H,2-6H2,1H3,(H,10,11). The first-order valence-corrected chi connectivity index (χ1v) is 8.70. The zero-order valence-corrected chi connectivity index (χ0v) is 11.0. The Morgan fingerprint density at radius 1 is 1.29 bits per heavy atom. The second kappa shape index (κ2) is 4.91. The van der Waals surface area contributed by atoms with E-state index in [9.17, 15) is 21.6 Å². The summed E-state index contributed by atoms with van der Waals surface area (Å²) in [6.07, 6.45) is 2.21. The number of aliphatic carboxylic acids is 1. The highest BCUT2D eigenvalue weighted by Gasteiger charge is 2.38. The molecule has 0 radical (unpaired) electrons. The van der Waals surface area contributed by atoms with Crippen molar-refractivity contribution in [3.8, 4) is 0 Å². The summed E-state index contributed by atoms with van der Waals surface area (Å²) < 4.78 is 46.4. The summed E-state index contributed by atoms with van der Waals surface area (Å²) in [5.74, 6) is -1.23. The van der Waals surface area contributed by atoms with Crippen LogP contribution < -0.4 is 0 Å². The Morgan fingerprint density at radius 3 is 2.35 bits per heavy atom. The van der Waals surface area contributed by atoms with E-state index >= 15 is 0 Å². The lowest BCUT2D eigenvalue weighted by Gasteiger charge is -2.31. The summed E-state index contributed by atoms with van der Waals surface area (Å²) in [6.45, 7) is 0.0643. The van der Waals surface area contributed by atoms with E-state index in [1.165, 1.54) is 0 Å². The van der Waals surface area contributed by atoms with Crippen LogP contribution in [0.1, 0.15) is 19.3 Å². The average molecular weight is 285 g/mol. The van der Waals surface area contributed by atoms with Gasteiger partial charge in [-0.3, -0.25) is 4.79 Å². The number of hydrogen-bond donors (Lipinski definition) is 1. The van der Waals surface area contributed by atoms with E-state index in [0.717, 1.165) is 10.6 Å². The molecule has 1 heterocycles. The Hall–Kier alpha value is -0.670. The van der Waals surface area contributed by atoms with E-state index in [0.29, 0.717) is 12.8 Å². The molecule has 1 unspecified atom stereocenters. The SMILES string of the molecule is CS(=O)(=O)CS(=O)(=O)N1CCCCC1C(=O)O. The molecule has 1 aliphatic heterocycles. The van der Waals surface area contributed by atoms with Crippen molar-refractivity contribution in [3.05, 3.63) is 0 Å². The molecule has 0 aromatic carbocycles. The highest BCUT2D eigenvalue weighted by molar-refractivity contribution is 8.06. The molecule has 0 aromatic rings. The lowest BCUT2D eigenvalue weighted by molar-refractivity contribution is -0.142. The predicted octanol–water partition coefficient (Wildman–Crippen LogP) is -0.743. The second-order valence-corrected chi connectivity index (χ2v) is 8.54. The van der Waals surface area contributed by atoms with Crippen molar-refractivity contribution in [1.82, 2.24) is 4.31 Å². The third-order valence-electron chi connectivity index (χ3n) is 2.46. The number of piperidine rings is 1. The first-order chi connectivity index (χ1) is 7.63. The summed E-state index contributed by atoms with van der Waals surface area (Å²) in [7, 11) is -7.77. The Bertz CT molecular complexity index is 494. The minimum atomic E-state index is -4.07. The summed E-state index contributed by atoms with van der Waals surface area (Å²) >= 11 is 0. The van der Waals surface area contributed by atoms with Gasteiger partial charge in [-0.25, -0.2) is 16.8 Å². The van der Waals surface area contributed by atoms with E-state index in [2.05, 4.69) is 0 Å². The van der Waals surface area contributed by atoms with Crippen molar-refractivity contribution in [1.29, 1.82) is 0 Å². The molecular weight excluding hydrogens is 270 g/mol. The average Bonchev–Trinajstić information content (AvgIpc) is 2.14. The van der Waals surface area contributed by atoms with Gasteiger partial charge < -0.3 is 5.11 Å². The zero-order chi connectivity index (χ0) is 13.3. The molecule has 0 spiro atoms. The molecule has 1 saturated heterocycles. The van der Waals surface area contributed by atoms with Gasteiger partial charge in [0.25, 0.3) is 0 Å². The maximum absolute atomic E-state index is 11.8. The third-order valence-corrected chi connectivity index (χ3v) is 6.51. The molecule has 0 amide bonds. The van der Waals surface area contributed by atoms with Crippen molar-refractivity contribution in [3.63, 3.8) is 0 Å². The van der Waals surface area contributed by atoms with Crippen molar-refractivity contribution >= 4 is 25.8 Å². The highest BCUT2D eigenvalue weighted by Crippen LogP contribution is 2.21. The summed E-state index contributed by atoms with van der Waals surface area (Å²) in [6, 6.07) is -1.14. The molecule has 9 heteroatoms. The van der Waals surface area contributed by atoms with Crippen molar-refractivity contribution in [2.75, 3.05) is 17.9 Å². The van der Waals surface area contributed by atoms with Crippen molar-refractivity contribution in [2.24, 2.45) is 0 Å². The van der Waals surface area contributed by atoms with Gasteiger partial charge >= 0.3 is 5.97 Å². The summed E-state index contributed by atoms with van der Waals surface area (Å²) in [5, 5.41) is 7.88. The molecule has 0 aromatic heterocycles. The van der Waals surface area contributed by atoms with Gasteiger partial charge in [-0.1, -0.05) is 0 Å². The predicted molar refractivity (Wildman–Crippen MR) is 60.6 cm³/mol. The van der Waals surface area contributed by atoms with Crippen LogP contribution in [0.4, 0.5) is 0 Å². The first kappa shape index (κ1) is 14.4. The fourth-order valence-electron chi connectivity index (χ4n) is 1.82. The fourth-order valence-corrected chi connectivity index (χ4v) is 5.52. The van der Waals surface area contributed by atoms with E-state index in [-0.39, 0.29) is 13.0 Å². The normalized spacial score (nSPS) is 23.5. The number of hydrogen-bond acceptors (Lipinski definition) is 5. The van der Waals surface area contributed by atoms with Gasteiger partial charge in [-0.05, 0) is 19.3 Å². The topological polar surface area (TPSA) is 109 Å². The maximum Gasteiger partial charge on any atom is 0.322 e. The van der Waals surface area contributed by atoms with Gasteiger partial charge in [0.15, 0.2) is 14.9 Å². The highest BCUT2D eigenvalue weighted by atomic mass is 32.3. The van der Waals surface area contributed by atoms with Crippen LogP contribution in [-0.2, 0) is 24.7 Å². The molecule has 0 bridgehead atoms. The minimum absolute atomic E-state index is 0.0643. The molecule has 0 aliphatic carbocycles. The molecule has 17 heavy (non-hydrogen) atoms. The van der Waals surface area contributed by atoms with Gasteiger partial charge in [0.2, 0.25) is 10.0 Å². The number of carboxylic acid groups (broad SMARTS) is 1. The summed E-state index contributed by atoms with van der Waals surface area (Å²) in [4.78, 5) is 10.9. The van der Waals surface area contributed by atoms with Crippen LogP contribution in [0.25, 0.3) is 0 Å². The smallest absolute Gasteiger partial charge is 0.322 e. The molecule has 0 saturated carbocycles. The van der Waals surface area contributed by atoms with Crippen LogP contribution in [0, 0.1) is 0 Å². The molecule has 1 rings (SSSR count). The zero-order valence-electron chi connectivity index (χ0n) is 9.37. The maximum atomic E-state index is 11.8. The van der Waals surface area contributed by atoms with Crippen LogP contribution in [-0.4, -0.2) is 56.1 Å². The van der Waals surface area contributed by atoms with E-state index in [1.54, 1.807) is 0 Å². The molecule has 7 nitrogen and oxygen atoms in total. The van der Waals surface area contributed by atoms with E-state index in [1.807, 2.05) is 0 Å². The van der Waals surface area contributed by atoms with Gasteiger partial charge in [0.05, 0.1) is 0 Å². The lowest BCUT2D eigenvalue weighted by Crippen LogP contribution is -2.49. The Balaban J connectivity index is 2.99. The molecule has 1 atom stereocenters. The van der Waals surface area contributed by atoms with Crippen molar-refractivity contribution < 1.29 is 26.7 Å². The van der Waals surface area contributed by atoms with Gasteiger partial charge in [0.1, 0.15) is 6.04 Å². The fraction of sp³-hybridized carbons (Fsp3) is 0.875. The van der Waals surface area contributed by atoms with E-state index < -0.39 is 37.0 Å². The van der Waals surface area contributed by atoms with E-state index in [4.69, 9.17) is 5.11 Å². The Labute approximate surface area is 100 Å². The quantitative estimate of drug-likeness (QED) is 0.728. The number of carbonyl (C=O) groups is 1. The number of nitrogens with zero attached hydrogens (tertiary/aromatic N) is 1. The van der Waals surface area contributed by atoms with Crippen LogP contribution in [0.3, 0.4) is 0 Å². The van der Waals surface area contributed by atoms with Crippen molar-refractivity contribution in [2.45, 2.75) is 25.3 Å². The van der Waals surface area contributed by atoms with Gasteiger partial charge in [0, 0.05) is 12.8 Å². The molecule has 1 N–H and O–H groups in total. The largest absolute Gasteiger partial charge is 0.480 e. The van der Waals surface area contributed by atoms with Crippen LogP contribution in [0.2, 0.25) is 0 Å². The lowest BCUT2D eigenvalue weighted by atomic mass is 10.1. The van der Waals surface area contributed by atoms with Crippen LogP contribution >= 0.6 is 0 Å². The Kier molecular flexibility index (Phi) is 4.15. The Morgan fingerprint density at radius 2 is 1.88 bits per heavy atom. The number of rotatable bonds is 4. The minimum Gasteiger partial charge on any atom is -0.480 e. The third kappa shape index (κ3) is 3.93. The van der Waals surface area contributed by atoms with Gasteiger partial charge in [-0.2, -0.15) is 4.31 Å². The monoisotopic (exact) mass is 285 g/mol. The number of sulfonamides is 1. The van der Waals surface area contributed by atoms with Crippen LogP contribution in [0.15, 0.2) is 0 Å². The number of carboxylic acids is 1. The van der Waals surface area contributed by atoms with Gasteiger partial charge in [-0.15, -0.1) is 0 Å². The molecular formula is C8H15NO6S2. The molecule has 100 valence electrons. The van der Waals surface area contributed by atoms with Crippen LogP contribution in [0.5, 0.6) is 0 Å². The first-order valence-electron chi connectivity index (χ1n) is 5.03. The number of sulfone groups is 1. The second-order valence-electron chi connectivity index (χ2n) is 4.12. The summed E-state index contributed by atoms with van der Waals surface area (Å²) in [5.41, 5.74) is 0.